The second-order valence-electron chi connectivity index (χ2n) is 7.44. The number of anilines is 1. The number of carbonyl (C=O) groups is 1. The molecule has 0 atom stereocenters. The van der Waals surface area contributed by atoms with Crippen LogP contribution in [0.5, 0.6) is 5.75 Å². The first kappa shape index (κ1) is 22.4. The van der Waals surface area contributed by atoms with Crippen LogP contribution < -0.4 is 9.64 Å². The van der Waals surface area contributed by atoms with E-state index in [4.69, 9.17) is 9.72 Å². The van der Waals surface area contributed by atoms with Gasteiger partial charge in [0.15, 0.2) is 5.13 Å². The minimum atomic E-state index is -0.119. The number of hydrogen-bond acceptors (Lipinski definition) is 5. The number of nitrogens with zero attached hydrogens (tertiary/aromatic N) is 3. The average molecular weight is 510 g/mol. The standard InChI is InChI=1S/C25H24BrN3O2S/c1-2-3-4-13-31-21-9-5-8-19(14-21)24(30)29(17-18-7-6-12-27-16-18)25-28-22-11-10-20(26)15-23(22)32-25/h5-12,14-16H,2-4,13,17H2,1H3. The fourth-order valence-corrected chi connectivity index (χ4v) is 4.83. The Hall–Kier alpha value is -2.77. The van der Waals surface area contributed by atoms with E-state index in [0.29, 0.717) is 29.6 Å². The first-order valence-electron chi connectivity index (χ1n) is 10.6. The van der Waals surface area contributed by atoms with Crippen LogP contribution in [0.25, 0.3) is 10.2 Å². The zero-order valence-electron chi connectivity index (χ0n) is 17.8. The average Bonchev–Trinajstić information content (AvgIpc) is 3.23. The van der Waals surface area contributed by atoms with Crippen LogP contribution >= 0.6 is 27.3 Å². The summed E-state index contributed by atoms with van der Waals surface area (Å²) in [6.45, 7) is 3.20. The summed E-state index contributed by atoms with van der Waals surface area (Å²) in [7, 11) is 0. The third-order valence-corrected chi connectivity index (χ3v) is 6.51. The maximum absolute atomic E-state index is 13.6. The van der Waals surface area contributed by atoms with Crippen molar-refractivity contribution < 1.29 is 9.53 Å². The number of thiazole rings is 1. The van der Waals surface area contributed by atoms with E-state index in [1.54, 1.807) is 17.3 Å². The lowest BCUT2D eigenvalue weighted by Gasteiger charge is -2.20. The molecule has 4 rings (SSSR count). The minimum Gasteiger partial charge on any atom is -0.494 e. The highest BCUT2D eigenvalue weighted by Gasteiger charge is 2.22. The van der Waals surface area contributed by atoms with Crippen LogP contribution in [-0.2, 0) is 6.54 Å². The summed E-state index contributed by atoms with van der Waals surface area (Å²) in [6, 6.07) is 17.2. The number of fused-ring (bicyclic) bond motifs is 1. The number of benzene rings is 2. The summed E-state index contributed by atoms with van der Waals surface area (Å²) in [5.41, 5.74) is 2.38. The molecule has 0 saturated carbocycles. The molecule has 5 nitrogen and oxygen atoms in total. The van der Waals surface area contributed by atoms with E-state index in [2.05, 4.69) is 27.8 Å². The molecule has 2 aromatic heterocycles. The van der Waals surface area contributed by atoms with Gasteiger partial charge in [0.1, 0.15) is 5.75 Å². The van der Waals surface area contributed by atoms with Crippen molar-refractivity contribution in [1.82, 2.24) is 9.97 Å². The van der Waals surface area contributed by atoms with E-state index in [0.717, 1.165) is 39.5 Å². The van der Waals surface area contributed by atoms with Gasteiger partial charge < -0.3 is 4.74 Å². The Bertz CT molecular complexity index is 1200. The molecule has 0 bridgehead atoms. The molecule has 0 radical (unpaired) electrons. The van der Waals surface area contributed by atoms with Gasteiger partial charge in [-0.15, -0.1) is 0 Å². The van der Waals surface area contributed by atoms with Gasteiger partial charge in [-0.05, 0) is 54.4 Å². The molecule has 0 spiro atoms. The molecule has 0 fully saturated rings. The molecule has 4 aromatic rings. The lowest BCUT2D eigenvalue weighted by Crippen LogP contribution is -2.30. The van der Waals surface area contributed by atoms with E-state index in [1.165, 1.54) is 11.3 Å². The largest absolute Gasteiger partial charge is 0.494 e. The molecule has 0 saturated heterocycles. The maximum atomic E-state index is 13.6. The lowest BCUT2D eigenvalue weighted by molar-refractivity contribution is 0.0984. The van der Waals surface area contributed by atoms with Gasteiger partial charge in [-0.3, -0.25) is 14.7 Å². The zero-order chi connectivity index (χ0) is 22.3. The molecular formula is C25H24BrN3O2S. The van der Waals surface area contributed by atoms with E-state index >= 15 is 0 Å². The second kappa shape index (κ2) is 10.7. The highest BCUT2D eigenvalue weighted by atomic mass is 79.9. The van der Waals surface area contributed by atoms with E-state index < -0.39 is 0 Å². The topological polar surface area (TPSA) is 55.3 Å². The van der Waals surface area contributed by atoms with Crippen LogP contribution in [0.4, 0.5) is 5.13 Å². The van der Waals surface area contributed by atoms with Gasteiger partial charge in [0, 0.05) is 22.4 Å². The van der Waals surface area contributed by atoms with Crippen LogP contribution in [0.1, 0.15) is 42.1 Å². The van der Waals surface area contributed by atoms with Crippen molar-refractivity contribution in [3.05, 3.63) is 82.6 Å². The van der Waals surface area contributed by atoms with Crippen LogP contribution in [-0.4, -0.2) is 22.5 Å². The quantitative estimate of drug-likeness (QED) is 0.231. The zero-order valence-corrected chi connectivity index (χ0v) is 20.2. The SMILES string of the molecule is CCCCCOc1cccc(C(=O)N(Cc2cccnc2)c2nc3ccc(Br)cc3s2)c1. The van der Waals surface area contributed by atoms with Crippen LogP contribution in [0.15, 0.2) is 71.5 Å². The minimum absolute atomic E-state index is 0.119. The summed E-state index contributed by atoms with van der Waals surface area (Å²) in [6.07, 6.45) is 6.78. The number of pyridine rings is 1. The smallest absolute Gasteiger partial charge is 0.260 e. The Balaban J connectivity index is 1.64. The van der Waals surface area contributed by atoms with Gasteiger partial charge in [0.2, 0.25) is 0 Å². The number of ether oxygens (including phenoxy) is 1. The fourth-order valence-electron chi connectivity index (χ4n) is 3.32. The van der Waals surface area contributed by atoms with Gasteiger partial charge in [0.25, 0.3) is 5.91 Å². The molecule has 0 unspecified atom stereocenters. The maximum Gasteiger partial charge on any atom is 0.260 e. The van der Waals surface area contributed by atoms with E-state index in [1.807, 2.05) is 54.6 Å². The Morgan fingerprint density at radius 1 is 1.12 bits per heavy atom. The van der Waals surface area contributed by atoms with Crippen LogP contribution in [0.2, 0.25) is 0 Å². The highest BCUT2D eigenvalue weighted by molar-refractivity contribution is 9.10. The number of rotatable bonds is 9. The molecule has 2 heterocycles. The molecule has 0 aliphatic carbocycles. The Morgan fingerprint density at radius 3 is 2.84 bits per heavy atom. The number of carbonyl (C=O) groups excluding carboxylic acids is 1. The number of unbranched alkanes of at least 4 members (excludes halogenated alkanes) is 2. The Kier molecular flexibility index (Phi) is 7.50. The third kappa shape index (κ3) is 5.53. The van der Waals surface area contributed by atoms with Crippen molar-refractivity contribution in [2.24, 2.45) is 0 Å². The number of amides is 1. The molecule has 1 amide bonds. The summed E-state index contributed by atoms with van der Waals surface area (Å²) in [5, 5.41) is 0.654. The van der Waals surface area contributed by atoms with Crippen LogP contribution in [0, 0.1) is 0 Å². The predicted octanol–water partition coefficient (Wildman–Crippen LogP) is 6.87. The first-order chi connectivity index (χ1) is 15.6. The third-order valence-electron chi connectivity index (χ3n) is 4.98. The Morgan fingerprint density at radius 2 is 2.03 bits per heavy atom. The van der Waals surface area contributed by atoms with E-state index in [9.17, 15) is 4.79 Å². The summed E-state index contributed by atoms with van der Waals surface area (Å²) < 4.78 is 7.87. The number of halogens is 1. The van der Waals surface area contributed by atoms with Crippen molar-refractivity contribution in [3.8, 4) is 5.75 Å². The molecule has 0 N–H and O–H groups in total. The van der Waals surface area contributed by atoms with Crippen LogP contribution in [0.3, 0.4) is 0 Å². The molecule has 0 aliphatic heterocycles. The second-order valence-corrected chi connectivity index (χ2v) is 9.37. The molecule has 0 aliphatic rings. The van der Waals surface area contributed by atoms with Crippen molar-refractivity contribution in [1.29, 1.82) is 0 Å². The summed E-state index contributed by atoms with van der Waals surface area (Å²) in [5.74, 6) is 0.590. The Labute approximate surface area is 200 Å². The van der Waals surface area contributed by atoms with Crippen molar-refractivity contribution in [2.75, 3.05) is 11.5 Å². The molecule has 7 heteroatoms. The molecule has 164 valence electrons. The van der Waals surface area contributed by atoms with Gasteiger partial charge in [-0.1, -0.05) is 59.2 Å². The molecular weight excluding hydrogens is 486 g/mol. The normalized spacial score (nSPS) is 10.9. The lowest BCUT2D eigenvalue weighted by atomic mass is 10.1. The number of aromatic nitrogens is 2. The monoisotopic (exact) mass is 509 g/mol. The van der Waals surface area contributed by atoms with Gasteiger partial charge in [-0.2, -0.15) is 0 Å². The first-order valence-corrected chi connectivity index (χ1v) is 12.2. The summed E-state index contributed by atoms with van der Waals surface area (Å²) in [4.78, 5) is 24.3. The fraction of sp³-hybridized carbons (Fsp3) is 0.240. The summed E-state index contributed by atoms with van der Waals surface area (Å²) >= 11 is 5.01. The van der Waals surface area contributed by atoms with Gasteiger partial charge in [0.05, 0.1) is 23.4 Å². The van der Waals surface area contributed by atoms with E-state index in [-0.39, 0.29) is 5.91 Å². The van der Waals surface area contributed by atoms with Gasteiger partial charge in [-0.25, -0.2) is 4.98 Å². The van der Waals surface area contributed by atoms with Crippen molar-refractivity contribution in [3.63, 3.8) is 0 Å². The van der Waals surface area contributed by atoms with Gasteiger partial charge >= 0.3 is 0 Å². The van der Waals surface area contributed by atoms with Crippen molar-refractivity contribution >= 4 is 48.5 Å². The van der Waals surface area contributed by atoms with Crippen molar-refractivity contribution in [2.45, 2.75) is 32.7 Å². The highest BCUT2D eigenvalue weighted by Crippen LogP contribution is 2.32. The predicted molar refractivity (Wildman–Crippen MR) is 134 cm³/mol. The number of hydrogen-bond donors (Lipinski definition) is 0. The molecule has 2 aromatic carbocycles. The molecule has 32 heavy (non-hydrogen) atoms.